The number of nitrogens with two attached hydrogens (primary N) is 1. The number of sulfonamides is 1. The summed E-state index contributed by atoms with van der Waals surface area (Å²) in [5, 5.41) is 0. The van der Waals surface area contributed by atoms with Crippen molar-refractivity contribution in [1.29, 1.82) is 0 Å². The summed E-state index contributed by atoms with van der Waals surface area (Å²) in [6.07, 6.45) is 6.63. The molecule has 0 spiro atoms. The first-order chi connectivity index (χ1) is 7.58. The molecule has 102 valence electrons. The Balaban J connectivity index is 0.00000144. The quantitative estimate of drug-likeness (QED) is 0.850. The van der Waals surface area contributed by atoms with E-state index in [-0.39, 0.29) is 18.4 Å². The van der Waals surface area contributed by atoms with E-state index in [4.69, 9.17) is 5.73 Å². The molecule has 0 aromatic heterocycles. The molecule has 17 heavy (non-hydrogen) atoms. The number of hydrogen-bond donors (Lipinski definition) is 1. The normalized spacial score (nSPS) is 27.9. The van der Waals surface area contributed by atoms with Crippen LogP contribution in [0.15, 0.2) is 0 Å². The van der Waals surface area contributed by atoms with Crippen molar-refractivity contribution in [3.05, 3.63) is 0 Å². The lowest BCUT2D eigenvalue weighted by Gasteiger charge is -2.24. The van der Waals surface area contributed by atoms with Crippen LogP contribution in [0.5, 0.6) is 0 Å². The molecule has 1 aliphatic heterocycles. The minimum Gasteiger partial charge on any atom is -0.326 e. The standard InChI is InChI=1S/C11H22N2O2S.ClH/c12-11-6-7-13(8-11)16(14,15)9-10-4-2-1-3-5-10;/h10-11H,1-9,12H2;1H. The van der Waals surface area contributed by atoms with Crippen LogP contribution in [0, 0.1) is 5.92 Å². The third kappa shape index (κ3) is 4.09. The third-order valence-electron chi connectivity index (χ3n) is 3.75. The number of nitrogens with zero attached hydrogens (tertiary/aromatic N) is 1. The first-order valence-electron chi connectivity index (χ1n) is 6.31. The summed E-state index contributed by atoms with van der Waals surface area (Å²) < 4.78 is 25.8. The Labute approximate surface area is 110 Å². The van der Waals surface area contributed by atoms with Gasteiger partial charge in [0.05, 0.1) is 5.75 Å². The molecule has 1 saturated carbocycles. The molecular formula is C11H23ClN2O2S. The van der Waals surface area contributed by atoms with E-state index >= 15 is 0 Å². The highest BCUT2D eigenvalue weighted by Crippen LogP contribution is 2.26. The molecule has 0 amide bonds. The van der Waals surface area contributed by atoms with Crippen molar-refractivity contribution in [2.45, 2.75) is 44.6 Å². The highest BCUT2D eigenvalue weighted by Gasteiger charge is 2.31. The van der Waals surface area contributed by atoms with Crippen LogP contribution >= 0.6 is 12.4 Å². The number of hydrogen-bond acceptors (Lipinski definition) is 3. The predicted octanol–water partition coefficient (Wildman–Crippen LogP) is 1.35. The molecule has 0 radical (unpaired) electrons. The first-order valence-corrected chi connectivity index (χ1v) is 7.92. The van der Waals surface area contributed by atoms with E-state index in [1.165, 1.54) is 19.3 Å². The van der Waals surface area contributed by atoms with E-state index in [0.717, 1.165) is 19.3 Å². The molecule has 1 saturated heterocycles. The predicted molar refractivity (Wildman–Crippen MR) is 71.8 cm³/mol. The number of halogens is 1. The average Bonchev–Trinajstić information content (AvgIpc) is 2.66. The summed E-state index contributed by atoms with van der Waals surface area (Å²) in [4.78, 5) is 0. The lowest BCUT2D eigenvalue weighted by Crippen LogP contribution is -2.35. The molecule has 2 N–H and O–H groups in total. The minimum absolute atomic E-state index is 0. The first kappa shape index (κ1) is 15.2. The topological polar surface area (TPSA) is 63.4 Å². The Morgan fingerprint density at radius 2 is 1.76 bits per heavy atom. The van der Waals surface area contributed by atoms with Crippen LogP contribution in [0.3, 0.4) is 0 Å². The van der Waals surface area contributed by atoms with Crippen LogP contribution in [-0.4, -0.2) is 37.6 Å². The van der Waals surface area contributed by atoms with E-state index in [1.54, 1.807) is 4.31 Å². The number of rotatable bonds is 3. The van der Waals surface area contributed by atoms with Gasteiger partial charge >= 0.3 is 0 Å². The summed E-state index contributed by atoms with van der Waals surface area (Å²) in [5.41, 5.74) is 5.75. The molecule has 0 aromatic carbocycles. The fourth-order valence-electron chi connectivity index (χ4n) is 2.76. The maximum Gasteiger partial charge on any atom is 0.214 e. The minimum atomic E-state index is -3.04. The Kier molecular flexibility index (Phi) is 5.70. The summed E-state index contributed by atoms with van der Waals surface area (Å²) in [7, 11) is -3.04. The van der Waals surface area contributed by atoms with Crippen molar-refractivity contribution in [3.63, 3.8) is 0 Å². The van der Waals surface area contributed by atoms with Gasteiger partial charge < -0.3 is 5.73 Å². The zero-order chi connectivity index (χ0) is 11.6. The van der Waals surface area contributed by atoms with Gasteiger partial charge in [0.1, 0.15) is 0 Å². The summed E-state index contributed by atoms with van der Waals surface area (Å²) in [6.45, 7) is 1.14. The zero-order valence-electron chi connectivity index (χ0n) is 10.2. The van der Waals surface area contributed by atoms with Crippen molar-refractivity contribution in [1.82, 2.24) is 4.31 Å². The molecule has 2 aliphatic rings. The second-order valence-electron chi connectivity index (χ2n) is 5.19. The Morgan fingerprint density at radius 1 is 1.12 bits per heavy atom. The molecule has 1 atom stereocenters. The van der Waals surface area contributed by atoms with Gasteiger partial charge in [-0.15, -0.1) is 12.4 Å². The van der Waals surface area contributed by atoms with E-state index in [0.29, 0.717) is 24.8 Å². The van der Waals surface area contributed by atoms with Crippen molar-refractivity contribution in [3.8, 4) is 0 Å². The third-order valence-corrected chi connectivity index (χ3v) is 5.76. The highest BCUT2D eigenvalue weighted by molar-refractivity contribution is 7.89. The van der Waals surface area contributed by atoms with E-state index in [1.807, 2.05) is 0 Å². The van der Waals surface area contributed by atoms with E-state index < -0.39 is 10.0 Å². The Morgan fingerprint density at radius 3 is 2.29 bits per heavy atom. The van der Waals surface area contributed by atoms with Gasteiger partial charge in [0.25, 0.3) is 0 Å². The molecule has 1 heterocycles. The maximum absolute atomic E-state index is 12.1. The summed E-state index contributed by atoms with van der Waals surface area (Å²) in [6, 6.07) is 0.0427. The second-order valence-corrected chi connectivity index (χ2v) is 7.20. The van der Waals surface area contributed by atoms with Crippen LogP contribution in [0.25, 0.3) is 0 Å². The van der Waals surface area contributed by atoms with Crippen LogP contribution < -0.4 is 5.73 Å². The monoisotopic (exact) mass is 282 g/mol. The van der Waals surface area contributed by atoms with Crippen molar-refractivity contribution in [2.75, 3.05) is 18.8 Å². The van der Waals surface area contributed by atoms with Gasteiger partial charge in [-0.3, -0.25) is 0 Å². The van der Waals surface area contributed by atoms with Crippen LogP contribution in [0.2, 0.25) is 0 Å². The molecule has 4 nitrogen and oxygen atoms in total. The van der Waals surface area contributed by atoms with Crippen LogP contribution in [0.1, 0.15) is 38.5 Å². The van der Waals surface area contributed by atoms with Gasteiger partial charge in [0.15, 0.2) is 0 Å². The zero-order valence-corrected chi connectivity index (χ0v) is 11.8. The van der Waals surface area contributed by atoms with Gasteiger partial charge in [0, 0.05) is 19.1 Å². The summed E-state index contributed by atoms with van der Waals surface area (Å²) in [5.74, 6) is 0.732. The molecule has 2 rings (SSSR count). The SMILES string of the molecule is Cl.NC1CCN(S(=O)(=O)CC2CCCCC2)C1. The molecule has 1 unspecified atom stereocenters. The smallest absolute Gasteiger partial charge is 0.214 e. The second kappa shape index (κ2) is 6.36. The Hall–Kier alpha value is 0.160. The highest BCUT2D eigenvalue weighted by atomic mass is 35.5. The molecule has 0 bridgehead atoms. The largest absolute Gasteiger partial charge is 0.326 e. The van der Waals surface area contributed by atoms with Gasteiger partial charge in [-0.05, 0) is 25.2 Å². The lowest BCUT2D eigenvalue weighted by atomic mass is 9.91. The van der Waals surface area contributed by atoms with Gasteiger partial charge in [0.2, 0.25) is 10.0 Å². The molecule has 2 fully saturated rings. The van der Waals surface area contributed by atoms with Crippen molar-refractivity contribution >= 4 is 22.4 Å². The fraction of sp³-hybridized carbons (Fsp3) is 1.00. The maximum atomic E-state index is 12.1. The van der Waals surface area contributed by atoms with Gasteiger partial charge in [-0.25, -0.2) is 12.7 Å². The fourth-order valence-corrected chi connectivity index (χ4v) is 4.71. The van der Waals surface area contributed by atoms with Crippen LogP contribution in [0.4, 0.5) is 0 Å². The average molecular weight is 283 g/mol. The van der Waals surface area contributed by atoms with Gasteiger partial charge in [-0.2, -0.15) is 0 Å². The summed E-state index contributed by atoms with van der Waals surface area (Å²) >= 11 is 0. The van der Waals surface area contributed by atoms with Gasteiger partial charge in [-0.1, -0.05) is 19.3 Å². The molecule has 1 aliphatic carbocycles. The Bertz CT molecular complexity index is 328. The van der Waals surface area contributed by atoms with E-state index in [2.05, 4.69) is 0 Å². The molecular weight excluding hydrogens is 260 g/mol. The molecule has 6 heteroatoms. The van der Waals surface area contributed by atoms with Crippen LogP contribution in [-0.2, 0) is 10.0 Å². The molecule has 0 aromatic rings. The lowest BCUT2D eigenvalue weighted by molar-refractivity contribution is 0.375. The van der Waals surface area contributed by atoms with Crippen molar-refractivity contribution in [2.24, 2.45) is 11.7 Å². The van der Waals surface area contributed by atoms with Crippen molar-refractivity contribution < 1.29 is 8.42 Å². The van der Waals surface area contributed by atoms with E-state index in [9.17, 15) is 8.42 Å².